The van der Waals surface area contributed by atoms with Gasteiger partial charge in [0.2, 0.25) is 0 Å². The highest BCUT2D eigenvalue weighted by Crippen LogP contribution is 2.25. The van der Waals surface area contributed by atoms with E-state index in [1.54, 1.807) is 19.2 Å². The summed E-state index contributed by atoms with van der Waals surface area (Å²) in [4.78, 5) is 12.5. The van der Waals surface area contributed by atoms with Crippen molar-refractivity contribution in [1.82, 2.24) is 0 Å². The number of benzene rings is 2. The van der Waals surface area contributed by atoms with E-state index in [1.807, 2.05) is 19.9 Å². The molecule has 0 unspecified atom stereocenters. The van der Waals surface area contributed by atoms with Crippen molar-refractivity contribution >= 4 is 5.78 Å². The van der Waals surface area contributed by atoms with Gasteiger partial charge in [0.1, 0.15) is 5.75 Å². The van der Waals surface area contributed by atoms with Gasteiger partial charge in [0.25, 0.3) is 0 Å². The van der Waals surface area contributed by atoms with Crippen molar-refractivity contribution in [3.05, 3.63) is 58.4 Å². The Kier molecular flexibility index (Phi) is 4.26. The maximum atomic E-state index is 13.7. The van der Waals surface area contributed by atoms with Crippen molar-refractivity contribution in [2.45, 2.75) is 13.8 Å². The van der Waals surface area contributed by atoms with Gasteiger partial charge < -0.3 is 9.47 Å². The Bertz CT molecular complexity index is 693. The molecule has 0 radical (unpaired) electrons. The van der Waals surface area contributed by atoms with Crippen LogP contribution in [-0.2, 0) is 0 Å². The molecule has 2 aromatic rings. The minimum absolute atomic E-state index is 0.120. The molecular weight excluding hydrogens is 271 g/mol. The van der Waals surface area contributed by atoms with Crippen molar-refractivity contribution in [3.63, 3.8) is 0 Å². The van der Waals surface area contributed by atoms with Crippen LogP contribution in [0.25, 0.3) is 0 Å². The second kappa shape index (κ2) is 5.95. The Morgan fingerprint density at radius 1 is 0.952 bits per heavy atom. The lowest BCUT2D eigenvalue weighted by Gasteiger charge is -2.11. The van der Waals surface area contributed by atoms with E-state index in [2.05, 4.69) is 0 Å². The molecule has 0 atom stereocenters. The van der Waals surface area contributed by atoms with Crippen LogP contribution in [0.3, 0.4) is 0 Å². The fourth-order valence-electron chi connectivity index (χ4n) is 2.22. The number of methoxy groups -OCH3 is 2. The summed E-state index contributed by atoms with van der Waals surface area (Å²) < 4.78 is 23.8. The first-order chi connectivity index (χ1) is 9.97. The van der Waals surface area contributed by atoms with Crippen LogP contribution in [0.2, 0.25) is 0 Å². The lowest BCUT2D eigenvalue weighted by atomic mass is 9.96. The molecule has 21 heavy (non-hydrogen) atoms. The first-order valence-electron chi connectivity index (χ1n) is 6.51. The summed E-state index contributed by atoms with van der Waals surface area (Å²) in [6, 6.07) is 7.78. The van der Waals surface area contributed by atoms with Crippen LogP contribution in [0.15, 0.2) is 30.3 Å². The molecule has 0 saturated heterocycles. The van der Waals surface area contributed by atoms with Crippen LogP contribution < -0.4 is 9.47 Å². The van der Waals surface area contributed by atoms with Crippen molar-refractivity contribution in [1.29, 1.82) is 0 Å². The summed E-state index contributed by atoms with van der Waals surface area (Å²) in [7, 11) is 2.97. The van der Waals surface area contributed by atoms with E-state index >= 15 is 0 Å². The molecule has 0 aliphatic rings. The molecule has 110 valence electrons. The van der Waals surface area contributed by atoms with Gasteiger partial charge in [0.15, 0.2) is 17.3 Å². The number of rotatable bonds is 4. The van der Waals surface area contributed by atoms with Crippen molar-refractivity contribution in [3.8, 4) is 11.5 Å². The molecule has 0 bridgehead atoms. The van der Waals surface area contributed by atoms with E-state index in [0.29, 0.717) is 11.1 Å². The van der Waals surface area contributed by atoms with Gasteiger partial charge in [-0.25, -0.2) is 4.39 Å². The molecular formula is C17H17FO3. The van der Waals surface area contributed by atoms with Crippen LogP contribution in [0, 0.1) is 19.7 Å². The Labute approximate surface area is 123 Å². The van der Waals surface area contributed by atoms with Crippen molar-refractivity contribution in [2.75, 3.05) is 14.2 Å². The Balaban J connectivity index is 2.45. The Hall–Kier alpha value is -2.36. The molecule has 4 heteroatoms. The summed E-state index contributed by atoms with van der Waals surface area (Å²) in [5.41, 5.74) is 2.48. The maximum Gasteiger partial charge on any atom is 0.193 e. The third kappa shape index (κ3) is 2.89. The predicted molar refractivity (Wildman–Crippen MR) is 78.9 cm³/mol. The lowest BCUT2D eigenvalue weighted by molar-refractivity contribution is 0.103. The quantitative estimate of drug-likeness (QED) is 0.805. The van der Waals surface area contributed by atoms with Gasteiger partial charge in [0.05, 0.1) is 14.2 Å². The summed E-state index contributed by atoms with van der Waals surface area (Å²) in [6.07, 6.45) is 0. The molecule has 0 aliphatic heterocycles. The van der Waals surface area contributed by atoms with E-state index < -0.39 is 5.82 Å². The number of ketones is 1. The summed E-state index contributed by atoms with van der Waals surface area (Å²) in [5.74, 6) is 0.0742. The smallest absolute Gasteiger partial charge is 0.193 e. The third-order valence-electron chi connectivity index (χ3n) is 3.40. The van der Waals surface area contributed by atoms with Crippen LogP contribution in [0.5, 0.6) is 11.5 Å². The zero-order valence-electron chi connectivity index (χ0n) is 12.5. The highest BCUT2D eigenvalue weighted by molar-refractivity contribution is 6.10. The van der Waals surface area contributed by atoms with Crippen LogP contribution in [-0.4, -0.2) is 20.0 Å². The van der Waals surface area contributed by atoms with Gasteiger partial charge in [-0.2, -0.15) is 0 Å². The van der Waals surface area contributed by atoms with Crippen LogP contribution >= 0.6 is 0 Å². The number of hydrogen-bond acceptors (Lipinski definition) is 3. The predicted octanol–water partition coefficient (Wildman–Crippen LogP) is 3.69. The molecule has 0 aromatic heterocycles. The number of aryl methyl sites for hydroxylation is 2. The second-order valence-corrected chi connectivity index (χ2v) is 4.82. The SMILES string of the molecule is COc1cc(C)c(C(=O)c2ccc(OC)c(F)c2)cc1C. The van der Waals surface area contributed by atoms with Gasteiger partial charge >= 0.3 is 0 Å². The monoisotopic (exact) mass is 288 g/mol. The van der Waals surface area contributed by atoms with E-state index in [1.165, 1.54) is 19.2 Å². The zero-order valence-corrected chi connectivity index (χ0v) is 12.5. The second-order valence-electron chi connectivity index (χ2n) is 4.82. The van der Waals surface area contributed by atoms with E-state index in [4.69, 9.17) is 9.47 Å². The molecule has 0 amide bonds. The molecule has 0 spiro atoms. The molecule has 0 fully saturated rings. The number of halogens is 1. The van der Waals surface area contributed by atoms with Gasteiger partial charge in [-0.1, -0.05) is 0 Å². The molecule has 3 nitrogen and oxygen atoms in total. The standard InChI is InChI=1S/C17H17FO3/c1-10-8-16(21-4)11(2)7-13(10)17(19)12-5-6-15(20-3)14(18)9-12/h5-9H,1-4H3. The normalized spacial score (nSPS) is 10.3. The first kappa shape index (κ1) is 15.0. The van der Waals surface area contributed by atoms with Crippen molar-refractivity contribution in [2.24, 2.45) is 0 Å². The molecule has 2 rings (SSSR count). The van der Waals surface area contributed by atoms with Crippen molar-refractivity contribution < 1.29 is 18.7 Å². The fourth-order valence-corrected chi connectivity index (χ4v) is 2.22. The molecule has 0 saturated carbocycles. The van der Waals surface area contributed by atoms with Gasteiger partial charge in [-0.05, 0) is 55.3 Å². The Morgan fingerprint density at radius 2 is 1.62 bits per heavy atom. The van der Waals surface area contributed by atoms with Crippen LogP contribution in [0.4, 0.5) is 4.39 Å². The summed E-state index contributed by atoms with van der Waals surface area (Å²) in [5, 5.41) is 0. The average molecular weight is 288 g/mol. The summed E-state index contributed by atoms with van der Waals surface area (Å²) in [6.45, 7) is 3.69. The van der Waals surface area contributed by atoms with Gasteiger partial charge in [-0.15, -0.1) is 0 Å². The van der Waals surface area contributed by atoms with Crippen LogP contribution in [0.1, 0.15) is 27.0 Å². The minimum atomic E-state index is -0.550. The lowest BCUT2D eigenvalue weighted by Crippen LogP contribution is -2.06. The highest BCUT2D eigenvalue weighted by Gasteiger charge is 2.16. The molecule has 2 aromatic carbocycles. The van der Waals surface area contributed by atoms with E-state index in [0.717, 1.165) is 16.9 Å². The van der Waals surface area contributed by atoms with E-state index in [-0.39, 0.29) is 11.5 Å². The number of ether oxygens (including phenoxy) is 2. The fraction of sp³-hybridized carbons (Fsp3) is 0.235. The van der Waals surface area contributed by atoms with Gasteiger partial charge in [-0.3, -0.25) is 4.79 Å². The minimum Gasteiger partial charge on any atom is -0.496 e. The topological polar surface area (TPSA) is 35.5 Å². The Morgan fingerprint density at radius 3 is 2.19 bits per heavy atom. The van der Waals surface area contributed by atoms with E-state index in [9.17, 15) is 9.18 Å². The highest BCUT2D eigenvalue weighted by atomic mass is 19.1. The first-order valence-corrected chi connectivity index (χ1v) is 6.51. The molecule has 0 aliphatic carbocycles. The number of hydrogen-bond donors (Lipinski definition) is 0. The third-order valence-corrected chi connectivity index (χ3v) is 3.40. The molecule has 0 N–H and O–H groups in total. The maximum absolute atomic E-state index is 13.7. The largest absolute Gasteiger partial charge is 0.496 e. The average Bonchev–Trinajstić information content (AvgIpc) is 2.48. The number of carbonyl (C=O) groups excluding carboxylic acids is 1. The summed E-state index contributed by atoms with van der Waals surface area (Å²) >= 11 is 0. The van der Waals surface area contributed by atoms with Gasteiger partial charge in [0, 0.05) is 11.1 Å². The number of carbonyl (C=O) groups is 1. The zero-order chi connectivity index (χ0) is 15.6. The molecule has 0 heterocycles.